The fourth-order valence-electron chi connectivity index (χ4n) is 1.61. The molecule has 4 heteroatoms. The van der Waals surface area contributed by atoms with Crippen molar-refractivity contribution in [1.29, 1.82) is 0 Å². The van der Waals surface area contributed by atoms with E-state index in [1.165, 1.54) is 0 Å². The lowest BCUT2D eigenvalue weighted by atomic mass is 10.1. The van der Waals surface area contributed by atoms with Gasteiger partial charge in [0.15, 0.2) is 0 Å². The van der Waals surface area contributed by atoms with Gasteiger partial charge in [-0.05, 0) is 30.7 Å². The van der Waals surface area contributed by atoms with Crippen LogP contribution in [0, 0.1) is 6.92 Å². The number of halogens is 1. The van der Waals surface area contributed by atoms with Crippen molar-refractivity contribution in [2.24, 2.45) is 0 Å². The first kappa shape index (κ1) is 11.9. The smallest absolute Gasteiger partial charge is 0.225 e. The molecule has 0 aliphatic heterocycles. The number of hydrogen-bond donors (Lipinski definition) is 1. The number of fused-ring (bicyclic) bond motifs is 1. The molecule has 88 valence electrons. The van der Waals surface area contributed by atoms with Crippen LogP contribution in [0.15, 0.2) is 24.3 Å². The molecule has 1 heterocycles. The van der Waals surface area contributed by atoms with Gasteiger partial charge in [-0.1, -0.05) is 24.6 Å². The van der Waals surface area contributed by atoms with Crippen molar-refractivity contribution in [3.63, 3.8) is 0 Å². The van der Waals surface area contributed by atoms with E-state index >= 15 is 0 Å². The molecule has 1 N–H and O–H groups in total. The van der Waals surface area contributed by atoms with Crippen LogP contribution in [-0.2, 0) is 4.79 Å². The molecule has 0 bridgehead atoms. The third-order valence-corrected chi connectivity index (χ3v) is 3.05. The minimum absolute atomic E-state index is 0.0449. The van der Waals surface area contributed by atoms with E-state index in [1.54, 1.807) is 13.0 Å². The van der Waals surface area contributed by atoms with Gasteiger partial charge in [-0.2, -0.15) is 0 Å². The van der Waals surface area contributed by atoms with Crippen molar-refractivity contribution in [3.8, 4) is 0 Å². The Morgan fingerprint density at radius 3 is 2.76 bits per heavy atom. The molecule has 2 rings (SSSR count). The highest BCUT2D eigenvalue weighted by atomic mass is 35.5. The Morgan fingerprint density at radius 1 is 1.35 bits per heavy atom. The minimum atomic E-state index is -0.0449. The van der Waals surface area contributed by atoms with Crippen LogP contribution < -0.4 is 5.32 Å². The van der Waals surface area contributed by atoms with Gasteiger partial charge in [-0.25, -0.2) is 4.98 Å². The average Bonchev–Trinajstić information content (AvgIpc) is 2.34. The Morgan fingerprint density at radius 2 is 2.06 bits per heavy atom. The van der Waals surface area contributed by atoms with Gasteiger partial charge in [0.05, 0.1) is 5.52 Å². The largest absolute Gasteiger partial charge is 0.311 e. The van der Waals surface area contributed by atoms with Gasteiger partial charge in [0.25, 0.3) is 0 Å². The highest BCUT2D eigenvalue weighted by molar-refractivity contribution is 6.32. The molecule has 0 radical (unpaired) electrons. The number of nitrogens with zero attached hydrogens (tertiary/aromatic N) is 1. The van der Waals surface area contributed by atoms with Crippen LogP contribution in [0.5, 0.6) is 0 Å². The zero-order valence-electron chi connectivity index (χ0n) is 9.75. The third-order valence-electron chi connectivity index (χ3n) is 2.64. The Bertz CT molecular complexity index is 581. The normalized spacial score (nSPS) is 10.5. The maximum Gasteiger partial charge on any atom is 0.225 e. The Kier molecular flexibility index (Phi) is 3.29. The minimum Gasteiger partial charge on any atom is -0.311 e. The van der Waals surface area contributed by atoms with Crippen LogP contribution in [0.1, 0.15) is 18.9 Å². The van der Waals surface area contributed by atoms with Crippen LogP contribution in [0.2, 0.25) is 5.02 Å². The number of pyridine rings is 1. The van der Waals surface area contributed by atoms with Crippen LogP contribution in [0.3, 0.4) is 0 Å². The number of rotatable bonds is 2. The van der Waals surface area contributed by atoms with E-state index < -0.39 is 0 Å². The number of carbonyl (C=O) groups excluding carboxylic acids is 1. The summed E-state index contributed by atoms with van der Waals surface area (Å²) in [7, 11) is 0. The number of carbonyl (C=O) groups is 1. The summed E-state index contributed by atoms with van der Waals surface area (Å²) in [4.78, 5) is 15.7. The molecule has 1 aromatic heterocycles. The average molecular weight is 249 g/mol. The first-order valence-electron chi connectivity index (χ1n) is 5.47. The highest BCUT2D eigenvalue weighted by Crippen LogP contribution is 2.25. The van der Waals surface area contributed by atoms with E-state index in [-0.39, 0.29) is 5.91 Å². The predicted molar refractivity (Wildman–Crippen MR) is 70.4 cm³/mol. The maximum atomic E-state index is 11.3. The molecule has 1 amide bonds. The number of hydrogen-bond acceptors (Lipinski definition) is 2. The molecule has 0 aliphatic carbocycles. The molecule has 0 atom stereocenters. The van der Waals surface area contributed by atoms with Crippen LogP contribution in [-0.4, -0.2) is 10.9 Å². The summed E-state index contributed by atoms with van der Waals surface area (Å²) in [5.41, 5.74) is 1.75. The highest BCUT2D eigenvalue weighted by Gasteiger charge is 2.06. The monoisotopic (exact) mass is 248 g/mol. The van der Waals surface area contributed by atoms with Crippen molar-refractivity contribution >= 4 is 34.2 Å². The quantitative estimate of drug-likeness (QED) is 0.883. The lowest BCUT2D eigenvalue weighted by Gasteiger charge is -2.07. The van der Waals surface area contributed by atoms with Crippen LogP contribution in [0.4, 0.5) is 5.82 Å². The van der Waals surface area contributed by atoms with Gasteiger partial charge in [0.2, 0.25) is 5.91 Å². The maximum absolute atomic E-state index is 11.3. The number of aromatic nitrogens is 1. The summed E-state index contributed by atoms with van der Waals surface area (Å²) in [6.45, 7) is 3.72. The molecule has 0 aliphatic rings. The molecule has 0 saturated heterocycles. The molecular formula is C13H13ClN2O. The van der Waals surface area contributed by atoms with Gasteiger partial charge < -0.3 is 5.32 Å². The Labute approximate surface area is 105 Å². The lowest BCUT2D eigenvalue weighted by Crippen LogP contribution is -2.10. The SMILES string of the molecule is CCC(=O)Nc1ccc2ccc(Cl)c(C)c2n1. The number of benzene rings is 1. The van der Waals surface area contributed by atoms with E-state index in [2.05, 4.69) is 10.3 Å². The number of anilines is 1. The predicted octanol–water partition coefficient (Wildman–Crippen LogP) is 3.55. The van der Waals surface area contributed by atoms with E-state index in [0.717, 1.165) is 16.5 Å². The van der Waals surface area contributed by atoms with Crippen molar-refractivity contribution in [2.75, 3.05) is 5.32 Å². The van der Waals surface area contributed by atoms with E-state index in [4.69, 9.17) is 11.6 Å². The van der Waals surface area contributed by atoms with Gasteiger partial charge in [0, 0.05) is 16.8 Å². The molecule has 0 spiro atoms. The van der Waals surface area contributed by atoms with Crippen LogP contribution >= 0.6 is 11.6 Å². The van der Waals surface area contributed by atoms with E-state index in [9.17, 15) is 4.79 Å². The number of amides is 1. The fourth-order valence-corrected chi connectivity index (χ4v) is 1.76. The summed E-state index contributed by atoms with van der Waals surface area (Å²) < 4.78 is 0. The second kappa shape index (κ2) is 4.72. The number of nitrogens with one attached hydrogen (secondary N) is 1. The van der Waals surface area contributed by atoms with Gasteiger partial charge in [-0.15, -0.1) is 0 Å². The van der Waals surface area contributed by atoms with Crippen molar-refractivity contribution in [1.82, 2.24) is 4.98 Å². The summed E-state index contributed by atoms with van der Waals surface area (Å²) in [5.74, 6) is 0.520. The van der Waals surface area contributed by atoms with E-state index in [1.807, 2.05) is 25.1 Å². The Balaban J connectivity index is 2.49. The zero-order valence-corrected chi connectivity index (χ0v) is 10.5. The van der Waals surface area contributed by atoms with Crippen molar-refractivity contribution in [3.05, 3.63) is 34.9 Å². The summed E-state index contributed by atoms with van der Waals surface area (Å²) >= 11 is 6.05. The Hall–Kier alpha value is -1.61. The number of aryl methyl sites for hydroxylation is 1. The molecule has 3 nitrogen and oxygen atoms in total. The molecule has 17 heavy (non-hydrogen) atoms. The first-order valence-corrected chi connectivity index (χ1v) is 5.85. The van der Waals surface area contributed by atoms with Gasteiger partial charge in [0.1, 0.15) is 5.82 Å². The molecule has 1 aromatic carbocycles. The van der Waals surface area contributed by atoms with E-state index in [0.29, 0.717) is 17.3 Å². The molecule has 0 unspecified atom stereocenters. The molecule has 0 saturated carbocycles. The fraction of sp³-hybridized carbons (Fsp3) is 0.231. The molecular weight excluding hydrogens is 236 g/mol. The second-order valence-corrected chi connectivity index (χ2v) is 4.25. The summed E-state index contributed by atoms with van der Waals surface area (Å²) in [6, 6.07) is 7.49. The summed E-state index contributed by atoms with van der Waals surface area (Å²) in [6.07, 6.45) is 0.439. The zero-order chi connectivity index (χ0) is 12.4. The molecule has 2 aromatic rings. The standard InChI is InChI=1S/C13H13ClN2O/c1-3-12(17)15-11-7-5-9-4-6-10(14)8(2)13(9)16-11/h4-7H,3H2,1-2H3,(H,15,16,17). The van der Waals surface area contributed by atoms with Gasteiger partial charge >= 0.3 is 0 Å². The lowest BCUT2D eigenvalue weighted by molar-refractivity contribution is -0.115. The van der Waals surface area contributed by atoms with Crippen LogP contribution in [0.25, 0.3) is 10.9 Å². The molecule has 0 fully saturated rings. The first-order chi connectivity index (χ1) is 8.11. The second-order valence-electron chi connectivity index (χ2n) is 3.84. The third kappa shape index (κ3) is 2.39. The van der Waals surface area contributed by atoms with Crippen molar-refractivity contribution in [2.45, 2.75) is 20.3 Å². The van der Waals surface area contributed by atoms with Crippen molar-refractivity contribution < 1.29 is 4.79 Å². The summed E-state index contributed by atoms with van der Waals surface area (Å²) in [5, 5.41) is 4.44. The topological polar surface area (TPSA) is 42.0 Å². The van der Waals surface area contributed by atoms with Gasteiger partial charge in [-0.3, -0.25) is 4.79 Å².